The fourth-order valence-electron chi connectivity index (χ4n) is 8.64. The topological polar surface area (TPSA) is 55.1 Å². The van der Waals surface area contributed by atoms with Crippen molar-refractivity contribution < 1.29 is 4.42 Å². The van der Waals surface area contributed by atoms with E-state index in [0.717, 1.165) is 60.8 Å². The van der Waals surface area contributed by atoms with Crippen LogP contribution in [0.1, 0.15) is 0 Å². The van der Waals surface area contributed by atoms with E-state index in [-0.39, 0.29) is 0 Å². The molecule has 0 radical (unpaired) electrons. The van der Waals surface area contributed by atoms with Gasteiger partial charge >= 0.3 is 0 Å². The molecule has 0 amide bonds. The number of nitrogens with zero attached hydrogens (tertiary/aromatic N) is 4. The van der Waals surface area contributed by atoms with E-state index in [1.807, 2.05) is 48.5 Å². The first-order valence-electron chi connectivity index (χ1n) is 18.9. The zero-order valence-electron chi connectivity index (χ0n) is 30.0. The van der Waals surface area contributed by atoms with Crippen molar-refractivity contribution in [2.24, 2.45) is 0 Å². The molecule has 0 saturated carbocycles. The first kappa shape index (κ1) is 30.8. The zero-order chi connectivity index (χ0) is 36.7. The predicted molar refractivity (Wildman–Crippen MR) is 230 cm³/mol. The van der Waals surface area contributed by atoms with Crippen LogP contribution < -0.4 is 4.90 Å². The lowest BCUT2D eigenvalue weighted by Crippen LogP contribution is -2.16. The Morgan fingerprint density at radius 1 is 0.357 bits per heavy atom. The number of fused-ring (bicyclic) bond motifs is 8. The highest BCUT2D eigenvalue weighted by Gasteiger charge is 2.29. The van der Waals surface area contributed by atoms with Gasteiger partial charge in [-0.2, -0.15) is 0 Å². The second-order valence-electron chi connectivity index (χ2n) is 14.4. The first-order chi connectivity index (χ1) is 27.7. The molecule has 56 heavy (non-hydrogen) atoms. The number of para-hydroxylation sites is 1. The lowest BCUT2D eigenvalue weighted by atomic mass is 9.88. The van der Waals surface area contributed by atoms with Crippen LogP contribution in [0.15, 0.2) is 186 Å². The number of hydrogen-bond acceptors (Lipinski definition) is 5. The summed E-state index contributed by atoms with van der Waals surface area (Å²) in [5, 5.41) is 9.17. The van der Waals surface area contributed by atoms with Gasteiger partial charge in [0.1, 0.15) is 11.2 Å². The summed E-state index contributed by atoms with van der Waals surface area (Å²) in [4.78, 5) is 18.0. The Labute approximate surface area is 321 Å². The monoisotopic (exact) mass is 714 g/mol. The quantitative estimate of drug-likeness (QED) is 0.182. The van der Waals surface area contributed by atoms with Crippen LogP contribution in [0.3, 0.4) is 0 Å². The summed E-state index contributed by atoms with van der Waals surface area (Å²) in [6.45, 7) is 0. The zero-order valence-corrected chi connectivity index (χ0v) is 30.0. The molecule has 260 valence electrons. The van der Waals surface area contributed by atoms with Crippen LogP contribution in [0.4, 0.5) is 17.1 Å². The van der Waals surface area contributed by atoms with Crippen molar-refractivity contribution in [2.75, 3.05) is 4.90 Å². The van der Waals surface area contributed by atoms with Gasteiger partial charge in [0.25, 0.3) is 0 Å². The Kier molecular flexibility index (Phi) is 6.56. The number of aromatic nitrogens is 3. The molecule has 0 saturated heterocycles. The van der Waals surface area contributed by atoms with E-state index in [1.165, 1.54) is 38.4 Å². The average Bonchev–Trinajstić information content (AvgIpc) is 3.64. The Morgan fingerprint density at radius 3 is 1.88 bits per heavy atom. The average molecular weight is 715 g/mol. The van der Waals surface area contributed by atoms with Crippen molar-refractivity contribution in [3.05, 3.63) is 182 Å². The van der Waals surface area contributed by atoms with Crippen molar-refractivity contribution in [1.29, 1.82) is 0 Å². The number of rotatable bonds is 4. The van der Waals surface area contributed by atoms with Crippen molar-refractivity contribution in [2.45, 2.75) is 0 Å². The molecule has 0 spiro atoms. The second kappa shape index (κ2) is 11.9. The predicted octanol–water partition coefficient (Wildman–Crippen LogP) is 13.7. The normalized spacial score (nSPS) is 12.2. The van der Waals surface area contributed by atoms with Gasteiger partial charge in [0.05, 0.1) is 17.1 Å². The van der Waals surface area contributed by atoms with Crippen LogP contribution in [0.2, 0.25) is 0 Å². The van der Waals surface area contributed by atoms with Gasteiger partial charge in [-0.25, -0.2) is 15.0 Å². The number of hydrogen-bond donors (Lipinski definition) is 0. The molecule has 5 nitrogen and oxygen atoms in total. The fourth-order valence-corrected chi connectivity index (χ4v) is 8.64. The summed E-state index contributed by atoms with van der Waals surface area (Å²) in [5.74, 6) is 1.82. The molecule has 9 aromatic carbocycles. The largest absolute Gasteiger partial charge is 0.456 e. The first-order valence-corrected chi connectivity index (χ1v) is 18.9. The third-order valence-electron chi connectivity index (χ3n) is 11.2. The fraction of sp³-hybridized carbons (Fsp3) is 0. The van der Waals surface area contributed by atoms with Gasteiger partial charge in [0.2, 0.25) is 0 Å². The molecule has 5 heteroatoms. The molecule has 1 aliphatic rings. The van der Waals surface area contributed by atoms with E-state index in [9.17, 15) is 0 Å². The molecule has 0 unspecified atom stereocenters. The van der Waals surface area contributed by atoms with E-state index < -0.39 is 0 Å². The minimum absolute atomic E-state index is 0.601. The van der Waals surface area contributed by atoms with Crippen LogP contribution in [-0.2, 0) is 0 Å². The van der Waals surface area contributed by atoms with Gasteiger partial charge in [-0.3, -0.25) is 0 Å². The molecule has 2 aromatic heterocycles. The summed E-state index contributed by atoms with van der Waals surface area (Å²) >= 11 is 0. The summed E-state index contributed by atoms with van der Waals surface area (Å²) in [7, 11) is 0. The van der Waals surface area contributed by atoms with Crippen LogP contribution in [0.25, 0.3) is 99.5 Å². The van der Waals surface area contributed by atoms with Crippen molar-refractivity contribution >= 4 is 71.3 Å². The molecule has 12 rings (SSSR count). The Hall–Kier alpha value is -7.63. The molecular weight excluding hydrogens is 685 g/mol. The maximum Gasteiger partial charge on any atom is 0.164 e. The summed E-state index contributed by atoms with van der Waals surface area (Å²) in [5.41, 5.74) is 10.2. The maximum absolute atomic E-state index is 6.18. The summed E-state index contributed by atoms with van der Waals surface area (Å²) < 4.78 is 6.18. The van der Waals surface area contributed by atoms with Gasteiger partial charge in [-0.05, 0) is 64.2 Å². The molecule has 0 bridgehead atoms. The van der Waals surface area contributed by atoms with Gasteiger partial charge in [0.15, 0.2) is 17.5 Å². The lowest BCUT2D eigenvalue weighted by Gasteiger charge is -2.35. The molecular formula is C51H30N4O. The third kappa shape index (κ3) is 4.64. The molecule has 3 heterocycles. The Balaban J connectivity index is 1.14. The van der Waals surface area contributed by atoms with E-state index >= 15 is 0 Å². The molecule has 0 fully saturated rings. The lowest BCUT2D eigenvalue weighted by molar-refractivity contribution is 0.669. The van der Waals surface area contributed by atoms with Crippen molar-refractivity contribution in [3.63, 3.8) is 0 Å². The SMILES string of the molecule is c1ccc(-c2nc(-c3cc(N4c5c(ccc6ccccc56)-c5cccc6cccc4c56)c4ccccc4c3)nc(-c3ccc4oc5ccccc5c4c3)n2)cc1. The number of benzene rings is 9. The smallest absolute Gasteiger partial charge is 0.164 e. The standard InChI is InChI=1S/C51H30N4O/c1-2-13-33(14-3-1)49-52-50(35-25-27-46-42(29-35)39-20-8-9-23-45(39)56-46)54-51(53-49)36-28-34-15-5-6-18-37(34)44(30-36)55-43-22-11-17-32-16-10-21-40(47(32)43)41-26-24-31-12-4-7-19-38(31)48(41)55/h1-30H. The minimum atomic E-state index is 0.601. The highest BCUT2D eigenvalue weighted by Crippen LogP contribution is 2.54. The van der Waals surface area contributed by atoms with Gasteiger partial charge in [-0.1, -0.05) is 140 Å². The van der Waals surface area contributed by atoms with E-state index in [4.69, 9.17) is 19.4 Å². The summed E-state index contributed by atoms with van der Waals surface area (Å²) in [6, 6.07) is 64.1. The minimum Gasteiger partial charge on any atom is -0.456 e. The third-order valence-corrected chi connectivity index (χ3v) is 11.2. The van der Waals surface area contributed by atoms with Gasteiger partial charge < -0.3 is 9.32 Å². The number of anilines is 3. The molecule has 0 atom stereocenters. The van der Waals surface area contributed by atoms with Gasteiger partial charge in [0, 0.05) is 49.2 Å². The molecule has 1 aliphatic heterocycles. The number of furan rings is 1. The van der Waals surface area contributed by atoms with E-state index in [2.05, 4.69) is 138 Å². The molecule has 0 aliphatic carbocycles. The van der Waals surface area contributed by atoms with Crippen LogP contribution in [0.5, 0.6) is 0 Å². The molecule has 11 aromatic rings. The molecule has 0 N–H and O–H groups in total. The van der Waals surface area contributed by atoms with E-state index in [1.54, 1.807) is 0 Å². The summed E-state index contributed by atoms with van der Waals surface area (Å²) in [6.07, 6.45) is 0. The van der Waals surface area contributed by atoms with Crippen LogP contribution in [0, 0.1) is 0 Å². The van der Waals surface area contributed by atoms with Crippen molar-refractivity contribution in [3.8, 4) is 45.3 Å². The van der Waals surface area contributed by atoms with Crippen LogP contribution in [-0.4, -0.2) is 15.0 Å². The van der Waals surface area contributed by atoms with E-state index in [0.29, 0.717) is 17.5 Å². The Morgan fingerprint density at radius 2 is 1.02 bits per heavy atom. The highest BCUT2D eigenvalue weighted by atomic mass is 16.3. The Bertz CT molecular complexity index is 3380. The van der Waals surface area contributed by atoms with Crippen LogP contribution >= 0.6 is 0 Å². The highest BCUT2D eigenvalue weighted by molar-refractivity contribution is 6.20. The van der Waals surface area contributed by atoms with Crippen molar-refractivity contribution in [1.82, 2.24) is 15.0 Å². The maximum atomic E-state index is 6.18. The second-order valence-corrected chi connectivity index (χ2v) is 14.4. The van der Waals surface area contributed by atoms with Gasteiger partial charge in [-0.15, -0.1) is 0 Å².